The zero-order valence-corrected chi connectivity index (χ0v) is 13.7. The van der Waals surface area contributed by atoms with E-state index in [1.807, 2.05) is 33.0 Å². The van der Waals surface area contributed by atoms with Gasteiger partial charge in [0.1, 0.15) is 22.7 Å². The third kappa shape index (κ3) is 2.88. The molecule has 1 fully saturated rings. The number of halogens is 1. The first-order valence-corrected chi connectivity index (χ1v) is 7.68. The Balaban J connectivity index is 1.77. The van der Waals surface area contributed by atoms with Gasteiger partial charge >= 0.3 is 6.09 Å². The fraction of sp³-hybridized carbons (Fsp3) is 0.533. The van der Waals surface area contributed by atoms with E-state index < -0.39 is 5.60 Å². The first kappa shape index (κ1) is 15.1. The Hall–Kier alpha value is -1.82. The lowest BCUT2D eigenvalue weighted by atomic mass is 10.2. The SMILES string of the molecule is CC(C)(C)OC(=O)N1CC[C@@H](n2ccc3c(Cl)ncnc32)C1. The molecule has 1 saturated heterocycles. The molecule has 0 aromatic carbocycles. The van der Waals surface area contributed by atoms with E-state index in [1.165, 1.54) is 6.33 Å². The number of ether oxygens (including phenoxy) is 1. The Bertz CT molecular complexity index is 707. The van der Waals surface area contributed by atoms with Gasteiger partial charge in [0.05, 0.1) is 11.4 Å². The molecule has 118 valence electrons. The van der Waals surface area contributed by atoms with Crippen LogP contribution in [0.4, 0.5) is 4.79 Å². The van der Waals surface area contributed by atoms with E-state index in [1.54, 1.807) is 4.90 Å². The Morgan fingerprint density at radius 2 is 2.18 bits per heavy atom. The number of likely N-dealkylation sites (tertiary alicyclic amines) is 1. The molecule has 0 saturated carbocycles. The minimum atomic E-state index is -0.476. The van der Waals surface area contributed by atoms with Gasteiger partial charge < -0.3 is 14.2 Å². The topological polar surface area (TPSA) is 60.2 Å². The molecule has 3 rings (SSSR count). The number of aromatic nitrogens is 3. The molecule has 2 aromatic rings. The molecule has 1 aliphatic heterocycles. The van der Waals surface area contributed by atoms with Crippen molar-refractivity contribution in [2.24, 2.45) is 0 Å². The van der Waals surface area contributed by atoms with Gasteiger partial charge in [-0.05, 0) is 33.3 Å². The van der Waals surface area contributed by atoms with Crippen LogP contribution in [-0.4, -0.2) is 44.2 Å². The monoisotopic (exact) mass is 322 g/mol. The molecular weight excluding hydrogens is 304 g/mol. The largest absolute Gasteiger partial charge is 0.444 e. The normalized spacial score (nSPS) is 18.9. The number of hydrogen-bond acceptors (Lipinski definition) is 4. The van der Waals surface area contributed by atoms with Crippen LogP contribution >= 0.6 is 11.6 Å². The molecular formula is C15H19ClN4O2. The predicted octanol–water partition coefficient (Wildman–Crippen LogP) is 3.27. The van der Waals surface area contributed by atoms with Crippen LogP contribution in [0.2, 0.25) is 5.15 Å². The van der Waals surface area contributed by atoms with Crippen LogP contribution in [0.5, 0.6) is 0 Å². The lowest BCUT2D eigenvalue weighted by Gasteiger charge is -2.24. The third-order valence-corrected chi connectivity index (χ3v) is 3.97. The lowest BCUT2D eigenvalue weighted by Crippen LogP contribution is -2.35. The van der Waals surface area contributed by atoms with Crippen LogP contribution in [-0.2, 0) is 4.74 Å². The van der Waals surface area contributed by atoms with Crippen LogP contribution in [0.15, 0.2) is 18.6 Å². The van der Waals surface area contributed by atoms with Crippen LogP contribution in [0.25, 0.3) is 11.0 Å². The van der Waals surface area contributed by atoms with Crippen LogP contribution in [0.3, 0.4) is 0 Å². The number of hydrogen-bond donors (Lipinski definition) is 0. The second-order valence-electron chi connectivity index (χ2n) is 6.49. The molecule has 1 amide bonds. The summed E-state index contributed by atoms with van der Waals surface area (Å²) in [4.78, 5) is 22.2. The Kier molecular flexibility index (Phi) is 3.72. The van der Waals surface area contributed by atoms with E-state index in [4.69, 9.17) is 16.3 Å². The number of nitrogens with zero attached hydrogens (tertiary/aromatic N) is 4. The van der Waals surface area contributed by atoms with Crippen molar-refractivity contribution in [3.63, 3.8) is 0 Å². The molecule has 0 spiro atoms. The average Bonchev–Trinajstić information content (AvgIpc) is 3.03. The lowest BCUT2D eigenvalue weighted by molar-refractivity contribution is 0.0289. The standard InChI is InChI=1S/C15H19ClN4O2/c1-15(2,3)22-14(21)19-6-4-10(8-19)20-7-5-11-12(16)17-9-18-13(11)20/h5,7,9-10H,4,6,8H2,1-3H3/t10-/m1/s1. The van der Waals surface area contributed by atoms with Gasteiger partial charge in [0, 0.05) is 19.3 Å². The van der Waals surface area contributed by atoms with Crippen LogP contribution in [0, 0.1) is 0 Å². The van der Waals surface area contributed by atoms with Crippen molar-refractivity contribution in [2.75, 3.05) is 13.1 Å². The highest BCUT2D eigenvalue weighted by atomic mass is 35.5. The number of carbonyl (C=O) groups excluding carboxylic acids is 1. The number of rotatable bonds is 1. The molecule has 1 atom stereocenters. The minimum absolute atomic E-state index is 0.177. The fourth-order valence-electron chi connectivity index (χ4n) is 2.70. The van der Waals surface area contributed by atoms with Crippen LogP contribution < -0.4 is 0 Å². The summed E-state index contributed by atoms with van der Waals surface area (Å²) < 4.78 is 7.49. The summed E-state index contributed by atoms with van der Waals surface area (Å²) in [6, 6.07) is 2.09. The van der Waals surface area contributed by atoms with E-state index in [0.29, 0.717) is 18.2 Å². The predicted molar refractivity (Wildman–Crippen MR) is 84.0 cm³/mol. The minimum Gasteiger partial charge on any atom is -0.444 e. The molecule has 1 aliphatic rings. The molecule has 0 radical (unpaired) electrons. The van der Waals surface area contributed by atoms with E-state index in [9.17, 15) is 4.79 Å². The summed E-state index contributed by atoms with van der Waals surface area (Å²) in [5, 5.41) is 1.28. The summed E-state index contributed by atoms with van der Waals surface area (Å²) in [5.74, 6) is 0. The molecule has 2 aromatic heterocycles. The number of fused-ring (bicyclic) bond motifs is 1. The zero-order valence-electron chi connectivity index (χ0n) is 12.9. The molecule has 3 heterocycles. The second-order valence-corrected chi connectivity index (χ2v) is 6.85. The molecule has 6 nitrogen and oxygen atoms in total. The molecule has 0 unspecified atom stereocenters. The maximum atomic E-state index is 12.1. The maximum absolute atomic E-state index is 12.1. The van der Waals surface area contributed by atoms with E-state index in [0.717, 1.165) is 17.5 Å². The van der Waals surface area contributed by atoms with Crippen molar-refractivity contribution >= 4 is 28.7 Å². The third-order valence-electron chi connectivity index (χ3n) is 3.67. The highest BCUT2D eigenvalue weighted by Gasteiger charge is 2.31. The van der Waals surface area contributed by atoms with Gasteiger partial charge in [0.2, 0.25) is 0 Å². The maximum Gasteiger partial charge on any atom is 0.410 e. The summed E-state index contributed by atoms with van der Waals surface area (Å²) in [6.07, 6.45) is 4.01. The zero-order chi connectivity index (χ0) is 15.9. The second kappa shape index (κ2) is 5.43. The first-order valence-electron chi connectivity index (χ1n) is 7.30. The van der Waals surface area contributed by atoms with Gasteiger partial charge in [0.15, 0.2) is 0 Å². The van der Waals surface area contributed by atoms with Crippen molar-refractivity contribution in [2.45, 2.75) is 38.8 Å². The Morgan fingerprint density at radius 3 is 2.91 bits per heavy atom. The summed E-state index contributed by atoms with van der Waals surface area (Å²) in [6.45, 7) is 6.91. The van der Waals surface area contributed by atoms with Crippen molar-refractivity contribution in [3.8, 4) is 0 Å². The highest BCUT2D eigenvalue weighted by Crippen LogP contribution is 2.29. The molecule has 22 heavy (non-hydrogen) atoms. The number of amides is 1. The molecule has 7 heteroatoms. The van der Waals surface area contributed by atoms with Gasteiger partial charge in [-0.3, -0.25) is 0 Å². The van der Waals surface area contributed by atoms with Crippen molar-refractivity contribution in [3.05, 3.63) is 23.7 Å². The fourth-order valence-corrected chi connectivity index (χ4v) is 2.89. The average molecular weight is 323 g/mol. The molecule has 0 bridgehead atoms. The van der Waals surface area contributed by atoms with Gasteiger partial charge in [0.25, 0.3) is 0 Å². The Morgan fingerprint density at radius 1 is 1.41 bits per heavy atom. The summed E-state index contributed by atoms with van der Waals surface area (Å²) in [7, 11) is 0. The van der Waals surface area contributed by atoms with Crippen molar-refractivity contribution < 1.29 is 9.53 Å². The molecule has 0 aliphatic carbocycles. The van der Waals surface area contributed by atoms with Gasteiger partial charge in [-0.1, -0.05) is 11.6 Å². The number of carbonyl (C=O) groups is 1. The van der Waals surface area contributed by atoms with E-state index in [-0.39, 0.29) is 12.1 Å². The summed E-state index contributed by atoms with van der Waals surface area (Å²) in [5.41, 5.74) is 0.326. The van der Waals surface area contributed by atoms with Crippen molar-refractivity contribution in [1.29, 1.82) is 0 Å². The molecule has 0 N–H and O–H groups in total. The summed E-state index contributed by atoms with van der Waals surface area (Å²) >= 11 is 6.08. The quantitative estimate of drug-likeness (QED) is 0.756. The van der Waals surface area contributed by atoms with Gasteiger partial charge in [-0.2, -0.15) is 0 Å². The van der Waals surface area contributed by atoms with Crippen molar-refractivity contribution in [1.82, 2.24) is 19.4 Å². The smallest absolute Gasteiger partial charge is 0.410 e. The van der Waals surface area contributed by atoms with Gasteiger partial charge in [-0.25, -0.2) is 14.8 Å². The van der Waals surface area contributed by atoms with E-state index in [2.05, 4.69) is 14.5 Å². The first-order chi connectivity index (χ1) is 10.3. The van der Waals surface area contributed by atoms with Gasteiger partial charge in [-0.15, -0.1) is 0 Å². The Labute approximate surface area is 134 Å². The highest BCUT2D eigenvalue weighted by molar-refractivity contribution is 6.33. The van der Waals surface area contributed by atoms with Crippen LogP contribution in [0.1, 0.15) is 33.2 Å². The van der Waals surface area contributed by atoms with E-state index >= 15 is 0 Å².